The normalized spacial score (nSPS) is 11.3. The van der Waals surface area contributed by atoms with Crippen molar-refractivity contribution in [3.8, 4) is 55.1 Å². The lowest BCUT2D eigenvalue weighted by Crippen LogP contribution is -2.21. The smallest absolute Gasteiger partial charge is 0.346 e. The molecule has 2 heterocycles. The van der Waals surface area contributed by atoms with Crippen LogP contribution in [0.15, 0.2) is 155 Å². The van der Waals surface area contributed by atoms with E-state index in [0.29, 0.717) is 16.2 Å². The van der Waals surface area contributed by atoms with Gasteiger partial charge in [-0.1, -0.05) is 121 Å². The molecule has 8 aromatic rings. The molecule has 5 heteroatoms. The molecule has 0 radical (unpaired) electrons. The van der Waals surface area contributed by atoms with Crippen molar-refractivity contribution in [2.45, 2.75) is 13.8 Å². The summed E-state index contributed by atoms with van der Waals surface area (Å²) in [7, 11) is 0. The van der Waals surface area contributed by atoms with Gasteiger partial charge in [0, 0.05) is 46.9 Å². The maximum absolute atomic E-state index is 13.8. The highest BCUT2D eigenvalue weighted by Crippen LogP contribution is 2.52. The Labute approximate surface area is 289 Å². The molecule has 0 bridgehead atoms. The van der Waals surface area contributed by atoms with Crippen LogP contribution in [0.1, 0.15) is 13.8 Å². The van der Waals surface area contributed by atoms with Crippen LogP contribution in [0, 0.1) is 0 Å². The van der Waals surface area contributed by atoms with E-state index in [0.717, 1.165) is 78.9 Å². The van der Waals surface area contributed by atoms with E-state index in [1.54, 1.807) is 11.3 Å². The fourth-order valence-electron chi connectivity index (χ4n) is 6.84. The average Bonchev–Trinajstić information content (AvgIpc) is 3.60. The summed E-state index contributed by atoms with van der Waals surface area (Å²) in [5, 5.41) is 1.50. The molecule has 2 aromatic heterocycles. The number of rotatable bonds is 8. The molecule has 0 N–H and O–H groups in total. The van der Waals surface area contributed by atoms with E-state index in [2.05, 4.69) is 134 Å². The van der Waals surface area contributed by atoms with Crippen LogP contribution >= 0.6 is 11.3 Å². The van der Waals surface area contributed by atoms with Gasteiger partial charge in [-0.3, -0.25) is 0 Å². The van der Waals surface area contributed by atoms with Gasteiger partial charge in [0.25, 0.3) is 0 Å². The molecule has 0 fully saturated rings. The van der Waals surface area contributed by atoms with Crippen LogP contribution in [0.5, 0.6) is 0 Å². The van der Waals surface area contributed by atoms with Gasteiger partial charge in [-0.25, -0.2) is 9.78 Å². The van der Waals surface area contributed by atoms with Crippen LogP contribution in [-0.2, 0) is 0 Å². The summed E-state index contributed by atoms with van der Waals surface area (Å²) in [5.74, 6) is 0. The summed E-state index contributed by atoms with van der Waals surface area (Å²) in [6.45, 7) is 6.00. The van der Waals surface area contributed by atoms with Gasteiger partial charge in [-0.2, -0.15) is 0 Å². The van der Waals surface area contributed by atoms with E-state index in [-0.39, 0.29) is 0 Å². The highest BCUT2D eigenvalue weighted by Gasteiger charge is 2.27. The van der Waals surface area contributed by atoms with Gasteiger partial charge in [0.15, 0.2) is 0 Å². The molecule has 238 valence electrons. The molecular formula is C44H34N2O2S. The SMILES string of the molecule is CCN(CC)c1ccc2cc(-c3nc4c(-c5ccccc5)c(-c5ccccc5)c(-c5ccccc5)c(-c5ccccc5)c4s3)c(=O)oc2c1. The number of hydrogen-bond acceptors (Lipinski definition) is 5. The molecule has 0 saturated carbocycles. The second-order valence-electron chi connectivity index (χ2n) is 12.0. The Bertz CT molecular complexity index is 2350. The molecule has 6 aromatic carbocycles. The van der Waals surface area contributed by atoms with Crippen LogP contribution in [0.3, 0.4) is 0 Å². The van der Waals surface area contributed by atoms with Gasteiger partial charge in [0.05, 0.1) is 15.8 Å². The number of thiazole rings is 1. The predicted octanol–water partition coefficient (Wildman–Crippen LogP) is 11.6. The first-order valence-corrected chi connectivity index (χ1v) is 17.5. The van der Waals surface area contributed by atoms with Crippen molar-refractivity contribution in [3.63, 3.8) is 0 Å². The second kappa shape index (κ2) is 13.0. The largest absolute Gasteiger partial charge is 0.422 e. The van der Waals surface area contributed by atoms with E-state index in [1.165, 1.54) is 0 Å². The lowest BCUT2D eigenvalue weighted by atomic mass is 9.82. The molecule has 4 nitrogen and oxygen atoms in total. The van der Waals surface area contributed by atoms with Crippen molar-refractivity contribution in [1.82, 2.24) is 4.98 Å². The minimum absolute atomic E-state index is 0.391. The summed E-state index contributed by atoms with van der Waals surface area (Å²) >= 11 is 1.55. The minimum atomic E-state index is -0.391. The number of hydrogen-bond donors (Lipinski definition) is 0. The van der Waals surface area contributed by atoms with Gasteiger partial charge < -0.3 is 9.32 Å². The maximum atomic E-state index is 13.8. The second-order valence-corrected chi connectivity index (χ2v) is 13.0. The van der Waals surface area contributed by atoms with E-state index >= 15 is 0 Å². The Morgan fingerprint density at radius 3 is 1.61 bits per heavy atom. The molecule has 49 heavy (non-hydrogen) atoms. The first-order chi connectivity index (χ1) is 24.1. The van der Waals surface area contributed by atoms with Gasteiger partial charge in [0.2, 0.25) is 0 Å². The fraction of sp³-hybridized carbons (Fsp3) is 0.0909. The summed E-state index contributed by atoms with van der Waals surface area (Å²) in [6, 6.07) is 50.2. The Kier molecular flexibility index (Phi) is 8.12. The van der Waals surface area contributed by atoms with E-state index in [4.69, 9.17) is 9.40 Å². The molecule has 0 unspecified atom stereocenters. The van der Waals surface area contributed by atoms with Gasteiger partial charge in [-0.05, 0) is 59.9 Å². The zero-order chi connectivity index (χ0) is 33.3. The van der Waals surface area contributed by atoms with Crippen molar-refractivity contribution in [1.29, 1.82) is 0 Å². The van der Waals surface area contributed by atoms with Crippen LogP contribution < -0.4 is 10.5 Å². The molecule has 0 aliphatic heterocycles. The van der Waals surface area contributed by atoms with Gasteiger partial charge in [-0.15, -0.1) is 11.3 Å². The Hall–Kier alpha value is -5.78. The average molecular weight is 655 g/mol. The third-order valence-electron chi connectivity index (χ3n) is 9.17. The predicted molar refractivity (Wildman–Crippen MR) is 206 cm³/mol. The van der Waals surface area contributed by atoms with E-state index < -0.39 is 5.63 Å². The van der Waals surface area contributed by atoms with E-state index in [1.807, 2.05) is 30.3 Å². The third-order valence-corrected chi connectivity index (χ3v) is 10.3. The number of fused-ring (bicyclic) bond motifs is 2. The molecule has 0 atom stereocenters. The Morgan fingerprint density at radius 2 is 1.08 bits per heavy atom. The summed E-state index contributed by atoms with van der Waals surface area (Å²) in [6.07, 6.45) is 0. The van der Waals surface area contributed by atoms with Crippen LogP contribution in [-0.4, -0.2) is 18.1 Å². The first-order valence-electron chi connectivity index (χ1n) is 16.7. The number of aromatic nitrogens is 1. The number of nitrogens with zero attached hydrogens (tertiary/aromatic N) is 2. The zero-order valence-corrected chi connectivity index (χ0v) is 28.2. The van der Waals surface area contributed by atoms with E-state index in [9.17, 15) is 4.79 Å². The lowest BCUT2D eigenvalue weighted by molar-refractivity contribution is 0.563. The number of benzene rings is 6. The van der Waals surface area contributed by atoms with Crippen LogP contribution in [0.2, 0.25) is 0 Å². The summed E-state index contributed by atoms with van der Waals surface area (Å²) < 4.78 is 7.05. The van der Waals surface area contributed by atoms with Gasteiger partial charge in [0.1, 0.15) is 10.6 Å². The minimum Gasteiger partial charge on any atom is -0.422 e. The van der Waals surface area contributed by atoms with Crippen molar-refractivity contribution in [3.05, 3.63) is 156 Å². The molecular weight excluding hydrogens is 621 g/mol. The molecule has 0 spiro atoms. The van der Waals surface area contributed by atoms with Crippen molar-refractivity contribution in [2.75, 3.05) is 18.0 Å². The Morgan fingerprint density at radius 1 is 0.592 bits per heavy atom. The summed E-state index contributed by atoms with van der Waals surface area (Å²) in [4.78, 5) is 21.4. The van der Waals surface area contributed by atoms with Crippen molar-refractivity contribution in [2.24, 2.45) is 0 Å². The lowest BCUT2D eigenvalue weighted by Gasteiger charge is -2.22. The van der Waals surface area contributed by atoms with Gasteiger partial charge >= 0.3 is 5.63 Å². The molecule has 8 rings (SSSR count). The topological polar surface area (TPSA) is 46.3 Å². The van der Waals surface area contributed by atoms with Crippen LogP contribution in [0.25, 0.3) is 76.3 Å². The monoisotopic (exact) mass is 654 g/mol. The molecule has 0 aliphatic carbocycles. The zero-order valence-electron chi connectivity index (χ0n) is 27.4. The molecule has 0 saturated heterocycles. The fourth-order valence-corrected chi connectivity index (χ4v) is 7.99. The summed E-state index contributed by atoms with van der Waals surface area (Å²) in [5.41, 5.74) is 11.3. The highest BCUT2D eigenvalue weighted by molar-refractivity contribution is 7.22. The van der Waals surface area contributed by atoms with Crippen molar-refractivity contribution >= 4 is 38.2 Å². The third kappa shape index (κ3) is 5.52. The Balaban J connectivity index is 1.49. The number of anilines is 1. The molecule has 0 amide bonds. The molecule has 0 aliphatic rings. The van der Waals surface area contributed by atoms with Crippen LogP contribution in [0.4, 0.5) is 5.69 Å². The first kappa shape index (κ1) is 30.5. The maximum Gasteiger partial charge on any atom is 0.346 e. The standard InChI is InChI=1S/C44H34N2O2S/c1-3-46(4-2)34-26-25-33-27-35(44(47)48-36(33)28-34)43-45-41-39(31-21-13-7-14-22-31)37(29-17-9-5-10-18-29)38(30-19-11-6-12-20-30)40(42(41)49-43)32-23-15-8-16-24-32/h5-28H,3-4H2,1-2H3. The highest BCUT2D eigenvalue weighted by atomic mass is 32.1. The van der Waals surface area contributed by atoms with Crippen molar-refractivity contribution < 1.29 is 4.42 Å². The quantitative estimate of drug-likeness (QED) is 0.153.